The molecule has 12 heavy (non-hydrogen) atoms. The van der Waals surface area contributed by atoms with E-state index in [1.807, 2.05) is 0 Å². The Morgan fingerprint density at radius 3 is 1.75 bits per heavy atom. The third-order valence-electron chi connectivity index (χ3n) is 2.15. The second-order valence-electron chi connectivity index (χ2n) is 3.07. The van der Waals surface area contributed by atoms with Gasteiger partial charge < -0.3 is 4.18 Å². The van der Waals surface area contributed by atoms with E-state index in [1.54, 1.807) is 12.0 Å². The first-order valence-corrected chi connectivity index (χ1v) is 5.90. The van der Waals surface area contributed by atoms with Crippen molar-refractivity contribution < 1.29 is 4.18 Å². The standard InChI is InChI=1S/C10H22OS/c1-5-9(6-2)11-12-10(7-3)8-4/h9-10H,5-8H2,1-4H3. The second kappa shape index (κ2) is 7.93. The molecule has 0 heterocycles. The molecule has 0 aromatic heterocycles. The van der Waals surface area contributed by atoms with Gasteiger partial charge in [-0.3, -0.25) is 0 Å². The Bertz CT molecular complexity index is 75.8. The van der Waals surface area contributed by atoms with Crippen LogP contribution in [-0.4, -0.2) is 11.4 Å². The van der Waals surface area contributed by atoms with Gasteiger partial charge in [-0.15, -0.1) is 0 Å². The van der Waals surface area contributed by atoms with E-state index in [9.17, 15) is 0 Å². The molecule has 0 aromatic carbocycles. The Balaban J connectivity index is 3.49. The first-order valence-electron chi connectivity index (χ1n) is 5.10. The highest BCUT2D eigenvalue weighted by atomic mass is 32.2. The molecule has 74 valence electrons. The molecule has 0 atom stereocenters. The van der Waals surface area contributed by atoms with Gasteiger partial charge in [0, 0.05) is 5.25 Å². The van der Waals surface area contributed by atoms with Gasteiger partial charge in [0.1, 0.15) is 0 Å². The van der Waals surface area contributed by atoms with Crippen LogP contribution in [0.2, 0.25) is 0 Å². The Hall–Kier alpha value is 0.310. The third-order valence-corrected chi connectivity index (χ3v) is 3.47. The molecule has 0 N–H and O–H groups in total. The monoisotopic (exact) mass is 190 g/mol. The third kappa shape index (κ3) is 5.04. The topological polar surface area (TPSA) is 9.23 Å². The molecular formula is C10H22OS. The predicted molar refractivity (Wildman–Crippen MR) is 57.4 cm³/mol. The first-order chi connectivity index (χ1) is 5.78. The molecule has 0 spiro atoms. The molecule has 0 aliphatic rings. The van der Waals surface area contributed by atoms with Crippen LogP contribution in [0.4, 0.5) is 0 Å². The van der Waals surface area contributed by atoms with Crippen LogP contribution in [0.1, 0.15) is 53.4 Å². The normalized spacial score (nSPS) is 11.5. The summed E-state index contributed by atoms with van der Waals surface area (Å²) in [5.41, 5.74) is 0. The summed E-state index contributed by atoms with van der Waals surface area (Å²) in [7, 11) is 0. The van der Waals surface area contributed by atoms with Crippen molar-refractivity contribution in [3.05, 3.63) is 0 Å². The van der Waals surface area contributed by atoms with Gasteiger partial charge in [0.2, 0.25) is 0 Å². The lowest BCUT2D eigenvalue weighted by atomic mass is 10.2. The molecule has 1 nitrogen and oxygen atoms in total. The lowest BCUT2D eigenvalue weighted by Gasteiger charge is -2.16. The Labute approximate surface area is 81.5 Å². The van der Waals surface area contributed by atoms with Crippen molar-refractivity contribution >= 4 is 12.0 Å². The van der Waals surface area contributed by atoms with Gasteiger partial charge in [-0.1, -0.05) is 27.7 Å². The summed E-state index contributed by atoms with van der Waals surface area (Å²) >= 11 is 1.68. The van der Waals surface area contributed by atoms with Crippen molar-refractivity contribution in [2.24, 2.45) is 0 Å². The van der Waals surface area contributed by atoms with Gasteiger partial charge in [0.25, 0.3) is 0 Å². The zero-order valence-corrected chi connectivity index (χ0v) is 9.62. The van der Waals surface area contributed by atoms with E-state index in [-0.39, 0.29) is 0 Å². The van der Waals surface area contributed by atoms with Gasteiger partial charge in [-0.2, -0.15) is 0 Å². The van der Waals surface area contributed by atoms with Gasteiger partial charge >= 0.3 is 0 Å². The maximum absolute atomic E-state index is 5.70. The van der Waals surface area contributed by atoms with Gasteiger partial charge in [-0.25, -0.2) is 0 Å². The van der Waals surface area contributed by atoms with E-state index in [1.165, 1.54) is 12.8 Å². The highest BCUT2D eigenvalue weighted by molar-refractivity contribution is 7.95. The minimum Gasteiger partial charge on any atom is -0.312 e. The fourth-order valence-electron chi connectivity index (χ4n) is 1.01. The van der Waals surface area contributed by atoms with Crippen LogP contribution in [0.5, 0.6) is 0 Å². The molecule has 0 fully saturated rings. The smallest absolute Gasteiger partial charge is 0.0717 e. The number of rotatable bonds is 7. The molecule has 2 heteroatoms. The van der Waals surface area contributed by atoms with E-state index < -0.39 is 0 Å². The van der Waals surface area contributed by atoms with E-state index in [0.29, 0.717) is 11.4 Å². The van der Waals surface area contributed by atoms with E-state index in [0.717, 1.165) is 12.8 Å². The zero-order valence-electron chi connectivity index (χ0n) is 8.80. The summed E-state index contributed by atoms with van der Waals surface area (Å²) < 4.78 is 5.70. The molecule has 0 saturated carbocycles. The summed E-state index contributed by atoms with van der Waals surface area (Å²) in [5, 5.41) is 0.686. The summed E-state index contributed by atoms with van der Waals surface area (Å²) in [6.07, 6.45) is 5.13. The fourth-order valence-corrected chi connectivity index (χ4v) is 1.87. The molecule has 0 aliphatic heterocycles. The fraction of sp³-hybridized carbons (Fsp3) is 1.00. The summed E-state index contributed by atoms with van der Waals surface area (Å²) in [6, 6.07) is 0. The highest BCUT2D eigenvalue weighted by Gasteiger charge is 2.09. The molecule has 0 aliphatic carbocycles. The van der Waals surface area contributed by atoms with Crippen molar-refractivity contribution in [2.75, 3.05) is 0 Å². The first kappa shape index (κ1) is 12.3. The Kier molecular flexibility index (Phi) is 8.14. The average molecular weight is 190 g/mol. The van der Waals surface area contributed by atoms with Gasteiger partial charge in [-0.05, 0) is 37.7 Å². The van der Waals surface area contributed by atoms with E-state index >= 15 is 0 Å². The Morgan fingerprint density at radius 1 is 0.917 bits per heavy atom. The van der Waals surface area contributed by atoms with Crippen molar-refractivity contribution in [1.29, 1.82) is 0 Å². The second-order valence-corrected chi connectivity index (χ2v) is 4.12. The molecule has 0 unspecified atom stereocenters. The summed E-state index contributed by atoms with van der Waals surface area (Å²) in [5.74, 6) is 0. The molecule has 0 radical (unpaired) electrons. The molecule has 0 saturated heterocycles. The molecule has 0 bridgehead atoms. The molecule has 0 rings (SSSR count). The molecule has 0 aromatic rings. The minimum absolute atomic E-state index is 0.454. The quantitative estimate of drug-likeness (QED) is 0.561. The SMILES string of the molecule is CCC(CC)OSC(CC)CC. The predicted octanol–water partition coefficient (Wildman–Crippen LogP) is 4.03. The van der Waals surface area contributed by atoms with Crippen molar-refractivity contribution in [1.82, 2.24) is 0 Å². The number of hydrogen-bond acceptors (Lipinski definition) is 2. The summed E-state index contributed by atoms with van der Waals surface area (Å²) in [6.45, 7) is 8.80. The maximum Gasteiger partial charge on any atom is 0.0717 e. The van der Waals surface area contributed by atoms with Crippen LogP contribution in [0.25, 0.3) is 0 Å². The maximum atomic E-state index is 5.70. The lowest BCUT2D eigenvalue weighted by molar-refractivity contribution is 0.228. The van der Waals surface area contributed by atoms with E-state index in [2.05, 4.69) is 27.7 Å². The van der Waals surface area contributed by atoms with Gasteiger partial charge in [0.05, 0.1) is 6.10 Å². The van der Waals surface area contributed by atoms with Crippen molar-refractivity contribution in [2.45, 2.75) is 64.7 Å². The van der Waals surface area contributed by atoms with Crippen LogP contribution in [0.3, 0.4) is 0 Å². The minimum atomic E-state index is 0.454. The molecule has 0 amide bonds. The average Bonchev–Trinajstić information content (AvgIpc) is 2.13. The highest BCUT2D eigenvalue weighted by Crippen LogP contribution is 2.22. The van der Waals surface area contributed by atoms with Crippen LogP contribution in [0, 0.1) is 0 Å². The largest absolute Gasteiger partial charge is 0.312 e. The van der Waals surface area contributed by atoms with Crippen LogP contribution >= 0.6 is 12.0 Å². The van der Waals surface area contributed by atoms with Crippen molar-refractivity contribution in [3.8, 4) is 0 Å². The molecular weight excluding hydrogens is 168 g/mol. The zero-order chi connectivity index (χ0) is 9.40. The van der Waals surface area contributed by atoms with Crippen LogP contribution in [0.15, 0.2) is 0 Å². The van der Waals surface area contributed by atoms with Crippen LogP contribution in [-0.2, 0) is 4.18 Å². The lowest BCUT2D eigenvalue weighted by Crippen LogP contribution is -2.09. The van der Waals surface area contributed by atoms with Crippen LogP contribution < -0.4 is 0 Å². The summed E-state index contributed by atoms with van der Waals surface area (Å²) in [4.78, 5) is 0. The number of hydrogen-bond donors (Lipinski definition) is 0. The van der Waals surface area contributed by atoms with E-state index in [4.69, 9.17) is 4.18 Å². The van der Waals surface area contributed by atoms with Gasteiger partial charge in [0.15, 0.2) is 0 Å². The Morgan fingerprint density at radius 2 is 1.42 bits per heavy atom. The van der Waals surface area contributed by atoms with Crippen molar-refractivity contribution in [3.63, 3.8) is 0 Å².